The molecule has 3 nitrogen and oxygen atoms in total. The van der Waals surface area contributed by atoms with Crippen molar-refractivity contribution in [1.82, 2.24) is 10.3 Å². The molecule has 0 spiro atoms. The van der Waals surface area contributed by atoms with Gasteiger partial charge in [-0.1, -0.05) is 0 Å². The van der Waals surface area contributed by atoms with Gasteiger partial charge in [-0.05, 0) is 26.8 Å². The van der Waals surface area contributed by atoms with Crippen LogP contribution in [0.3, 0.4) is 0 Å². The molecule has 1 heterocycles. The van der Waals surface area contributed by atoms with E-state index in [1.807, 2.05) is 13.8 Å². The second-order valence-electron chi connectivity index (χ2n) is 3.00. The Balaban J connectivity index is 2.32. The van der Waals surface area contributed by atoms with Crippen molar-refractivity contribution in [1.29, 1.82) is 0 Å². The van der Waals surface area contributed by atoms with Crippen LogP contribution in [0.5, 0.6) is 0 Å². The summed E-state index contributed by atoms with van der Waals surface area (Å²) in [5, 5.41) is 13.0. The third-order valence-corrected chi connectivity index (χ3v) is 2.87. The predicted octanol–water partition coefficient (Wildman–Crippen LogP) is 1.23. The molecule has 0 aliphatic rings. The fraction of sp³-hybridized carbons (Fsp3) is 0.667. The van der Waals surface area contributed by atoms with E-state index in [-0.39, 0.29) is 6.61 Å². The van der Waals surface area contributed by atoms with Gasteiger partial charge in [-0.3, -0.25) is 0 Å². The highest BCUT2D eigenvalue weighted by molar-refractivity contribution is 7.11. The van der Waals surface area contributed by atoms with E-state index in [4.69, 9.17) is 5.11 Å². The number of nitrogens with one attached hydrogen (secondary N) is 1. The zero-order valence-electron chi connectivity index (χ0n) is 8.13. The van der Waals surface area contributed by atoms with Gasteiger partial charge < -0.3 is 10.4 Å². The number of aliphatic hydroxyl groups excluding tert-OH is 1. The Morgan fingerprint density at radius 1 is 1.46 bits per heavy atom. The Hall–Kier alpha value is -0.450. The SMILES string of the molecule is Cc1nc(C)c(CNCCCO)s1. The maximum absolute atomic E-state index is 8.57. The van der Waals surface area contributed by atoms with Gasteiger partial charge in [0.15, 0.2) is 0 Å². The lowest BCUT2D eigenvalue weighted by molar-refractivity contribution is 0.286. The Morgan fingerprint density at radius 3 is 2.77 bits per heavy atom. The third-order valence-electron chi connectivity index (χ3n) is 1.80. The molecule has 0 unspecified atom stereocenters. The van der Waals surface area contributed by atoms with Gasteiger partial charge in [-0.2, -0.15) is 0 Å². The molecule has 0 fully saturated rings. The van der Waals surface area contributed by atoms with Gasteiger partial charge in [-0.25, -0.2) is 4.98 Å². The normalized spacial score (nSPS) is 10.7. The van der Waals surface area contributed by atoms with Gasteiger partial charge in [0, 0.05) is 18.0 Å². The van der Waals surface area contributed by atoms with Crippen molar-refractivity contribution in [2.24, 2.45) is 0 Å². The van der Waals surface area contributed by atoms with Crippen LogP contribution in [-0.2, 0) is 6.54 Å². The second kappa shape index (κ2) is 5.32. The molecule has 13 heavy (non-hydrogen) atoms. The van der Waals surface area contributed by atoms with E-state index in [0.29, 0.717) is 0 Å². The first-order valence-electron chi connectivity index (χ1n) is 4.48. The second-order valence-corrected chi connectivity index (χ2v) is 4.28. The Bertz CT molecular complexity index is 260. The fourth-order valence-corrected chi connectivity index (χ4v) is 2.05. The molecule has 1 aromatic heterocycles. The molecule has 0 atom stereocenters. The first kappa shape index (κ1) is 10.6. The lowest BCUT2D eigenvalue weighted by Crippen LogP contribution is -2.15. The van der Waals surface area contributed by atoms with Crippen LogP contribution in [0.4, 0.5) is 0 Å². The van der Waals surface area contributed by atoms with Crippen molar-refractivity contribution >= 4 is 11.3 Å². The molecule has 0 saturated carbocycles. The summed E-state index contributed by atoms with van der Waals surface area (Å²) in [5.41, 5.74) is 1.12. The quantitative estimate of drug-likeness (QED) is 0.703. The van der Waals surface area contributed by atoms with E-state index in [1.165, 1.54) is 4.88 Å². The summed E-state index contributed by atoms with van der Waals surface area (Å²) >= 11 is 1.74. The molecule has 1 aromatic rings. The van der Waals surface area contributed by atoms with Crippen LogP contribution in [0.1, 0.15) is 22.0 Å². The summed E-state index contributed by atoms with van der Waals surface area (Å²) in [4.78, 5) is 5.64. The van der Waals surface area contributed by atoms with Crippen molar-refractivity contribution in [2.45, 2.75) is 26.8 Å². The molecule has 2 N–H and O–H groups in total. The summed E-state index contributed by atoms with van der Waals surface area (Å²) < 4.78 is 0. The van der Waals surface area contributed by atoms with Crippen LogP contribution in [0, 0.1) is 13.8 Å². The van der Waals surface area contributed by atoms with E-state index < -0.39 is 0 Å². The topological polar surface area (TPSA) is 45.2 Å². The van der Waals surface area contributed by atoms with Crippen molar-refractivity contribution in [3.05, 3.63) is 15.6 Å². The Labute approximate surface area is 82.8 Å². The van der Waals surface area contributed by atoms with E-state index >= 15 is 0 Å². The average molecular weight is 200 g/mol. The number of nitrogens with zero attached hydrogens (tertiary/aromatic N) is 1. The lowest BCUT2D eigenvalue weighted by Gasteiger charge is -2.00. The Morgan fingerprint density at radius 2 is 2.23 bits per heavy atom. The van der Waals surface area contributed by atoms with Gasteiger partial charge in [-0.15, -0.1) is 11.3 Å². The number of thiazole rings is 1. The molecule has 0 saturated heterocycles. The van der Waals surface area contributed by atoms with Crippen LogP contribution in [0.15, 0.2) is 0 Å². The molecular formula is C9H16N2OS. The minimum Gasteiger partial charge on any atom is -0.396 e. The summed E-state index contributed by atoms with van der Waals surface area (Å²) in [6.45, 7) is 6.05. The minimum absolute atomic E-state index is 0.258. The van der Waals surface area contributed by atoms with E-state index in [9.17, 15) is 0 Å². The van der Waals surface area contributed by atoms with Crippen LogP contribution >= 0.6 is 11.3 Å². The maximum Gasteiger partial charge on any atom is 0.0900 e. The largest absolute Gasteiger partial charge is 0.396 e. The number of hydrogen-bond acceptors (Lipinski definition) is 4. The van der Waals surface area contributed by atoms with Crippen molar-refractivity contribution in [2.75, 3.05) is 13.2 Å². The highest BCUT2D eigenvalue weighted by Gasteiger charge is 2.02. The predicted molar refractivity (Wildman–Crippen MR) is 55.0 cm³/mol. The summed E-state index contributed by atoms with van der Waals surface area (Å²) in [5.74, 6) is 0. The van der Waals surface area contributed by atoms with Crippen LogP contribution < -0.4 is 5.32 Å². The zero-order valence-corrected chi connectivity index (χ0v) is 8.95. The van der Waals surface area contributed by atoms with Gasteiger partial charge in [0.2, 0.25) is 0 Å². The first-order chi connectivity index (χ1) is 6.24. The fourth-order valence-electron chi connectivity index (χ4n) is 1.14. The van der Waals surface area contributed by atoms with Crippen LogP contribution in [0.2, 0.25) is 0 Å². The number of rotatable bonds is 5. The highest BCUT2D eigenvalue weighted by Crippen LogP contribution is 2.16. The third kappa shape index (κ3) is 3.42. The first-order valence-corrected chi connectivity index (χ1v) is 5.30. The molecule has 0 radical (unpaired) electrons. The smallest absolute Gasteiger partial charge is 0.0900 e. The molecule has 0 aromatic carbocycles. The summed E-state index contributed by atoms with van der Waals surface area (Å²) in [6, 6.07) is 0. The van der Waals surface area contributed by atoms with Gasteiger partial charge in [0.1, 0.15) is 0 Å². The average Bonchev–Trinajstić information content (AvgIpc) is 2.39. The number of aliphatic hydroxyl groups is 1. The lowest BCUT2D eigenvalue weighted by atomic mass is 10.4. The standard InChI is InChI=1S/C9H16N2OS/c1-7-9(13-8(2)11-7)6-10-4-3-5-12/h10,12H,3-6H2,1-2H3. The highest BCUT2D eigenvalue weighted by atomic mass is 32.1. The molecule has 0 aliphatic heterocycles. The molecule has 0 bridgehead atoms. The maximum atomic E-state index is 8.57. The van der Waals surface area contributed by atoms with E-state index in [0.717, 1.165) is 30.2 Å². The molecule has 0 aliphatic carbocycles. The Kier molecular flexibility index (Phi) is 4.35. The van der Waals surface area contributed by atoms with Crippen molar-refractivity contribution in [3.63, 3.8) is 0 Å². The van der Waals surface area contributed by atoms with Gasteiger partial charge >= 0.3 is 0 Å². The summed E-state index contributed by atoms with van der Waals surface area (Å²) in [7, 11) is 0. The number of hydrogen-bond donors (Lipinski definition) is 2. The molecule has 1 rings (SSSR count). The van der Waals surface area contributed by atoms with E-state index in [1.54, 1.807) is 11.3 Å². The minimum atomic E-state index is 0.258. The molecule has 0 amide bonds. The molecular weight excluding hydrogens is 184 g/mol. The summed E-state index contributed by atoms with van der Waals surface area (Å²) in [6.07, 6.45) is 0.816. The number of aromatic nitrogens is 1. The van der Waals surface area contributed by atoms with Crippen molar-refractivity contribution in [3.8, 4) is 0 Å². The number of aryl methyl sites for hydroxylation is 2. The van der Waals surface area contributed by atoms with E-state index in [2.05, 4.69) is 10.3 Å². The van der Waals surface area contributed by atoms with Crippen LogP contribution in [-0.4, -0.2) is 23.2 Å². The van der Waals surface area contributed by atoms with Crippen molar-refractivity contribution < 1.29 is 5.11 Å². The van der Waals surface area contributed by atoms with Gasteiger partial charge in [0.25, 0.3) is 0 Å². The molecule has 4 heteroatoms. The van der Waals surface area contributed by atoms with Gasteiger partial charge in [0.05, 0.1) is 10.7 Å². The monoisotopic (exact) mass is 200 g/mol. The molecule has 74 valence electrons. The van der Waals surface area contributed by atoms with Crippen LogP contribution in [0.25, 0.3) is 0 Å². The zero-order chi connectivity index (χ0) is 9.68.